The molecule has 1 N–H and O–H groups in total. The predicted octanol–water partition coefficient (Wildman–Crippen LogP) is 5.44. The number of nitrogens with zero attached hydrogens (tertiary/aromatic N) is 5. The molecule has 3 aromatic heterocycles. The normalized spacial score (nSPS) is 17.3. The van der Waals surface area contributed by atoms with E-state index in [-0.39, 0.29) is 23.4 Å². The van der Waals surface area contributed by atoms with Crippen LogP contribution in [0.2, 0.25) is 0 Å². The summed E-state index contributed by atoms with van der Waals surface area (Å²) in [5.74, 6) is -0.513. The van der Waals surface area contributed by atoms with Crippen LogP contribution in [0.25, 0.3) is 10.9 Å². The fraction of sp³-hybridized carbons (Fsp3) is 0.250. The van der Waals surface area contributed by atoms with Crippen molar-refractivity contribution in [3.63, 3.8) is 0 Å². The second-order valence-electron chi connectivity index (χ2n) is 7.85. The second kappa shape index (κ2) is 8.76. The summed E-state index contributed by atoms with van der Waals surface area (Å²) in [5.41, 5.74) is 2.28. The Balaban J connectivity index is 1.49. The van der Waals surface area contributed by atoms with Gasteiger partial charge in [-0.05, 0) is 42.7 Å². The molecule has 8 heteroatoms. The lowest BCUT2D eigenvalue weighted by atomic mass is 9.97. The molecule has 0 aliphatic carbocycles. The van der Waals surface area contributed by atoms with Crippen LogP contribution in [0, 0.1) is 0 Å². The lowest BCUT2D eigenvalue weighted by Crippen LogP contribution is -2.34. The van der Waals surface area contributed by atoms with Gasteiger partial charge in [-0.15, -0.1) is 10.2 Å². The van der Waals surface area contributed by atoms with Gasteiger partial charge >= 0.3 is 5.91 Å². The van der Waals surface area contributed by atoms with E-state index in [1.54, 1.807) is 12.3 Å². The monoisotopic (exact) mass is 429 g/mol. The number of hydrogen-bond donors (Lipinski definition) is 1. The summed E-state index contributed by atoms with van der Waals surface area (Å²) >= 11 is 0. The summed E-state index contributed by atoms with van der Waals surface area (Å²) in [7, 11) is 0. The summed E-state index contributed by atoms with van der Waals surface area (Å²) < 4.78 is 6.91. The molecule has 1 amide bonds. The van der Waals surface area contributed by atoms with Gasteiger partial charge in [-0.1, -0.05) is 30.7 Å². The van der Waals surface area contributed by atoms with Gasteiger partial charge in [0.1, 0.15) is 0 Å². The van der Waals surface area contributed by atoms with E-state index in [2.05, 4.69) is 26.2 Å². The fourth-order valence-corrected chi connectivity index (χ4v) is 4.35. The van der Waals surface area contributed by atoms with Gasteiger partial charge in [0.05, 0.1) is 18.4 Å². The quantitative estimate of drug-likeness (QED) is 0.426. The van der Waals surface area contributed by atoms with E-state index >= 15 is 0 Å². The molecule has 0 bridgehead atoms. The van der Waals surface area contributed by atoms with Crippen LogP contribution >= 0.6 is 0 Å². The number of aromatic nitrogens is 2. The van der Waals surface area contributed by atoms with E-state index in [1.807, 2.05) is 41.1 Å². The third kappa shape index (κ3) is 3.80. The molecule has 32 heavy (non-hydrogen) atoms. The van der Waals surface area contributed by atoms with Gasteiger partial charge < -0.3 is 9.52 Å². The van der Waals surface area contributed by atoms with Crippen LogP contribution < -0.4 is 0 Å². The molecular weight excluding hydrogens is 406 g/mol. The Labute approximate surface area is 184 Å². The summed E-state index contributed by atoms with van der Waals surface area (Å²) in [6.07, 6.45) is 8.39. The molecule has 0 spiro atoms. The maximum atomic E-state index is 12.2. The number of pyridine rings is 1. The Morgan fingerprint density at radius 2 is 2.06 bits per heavy atom. The average Bonchev–Trinajstić information content (AvgIpc) is 3.47. The zero-order valence-electron chi connectivity index (χ0n) is 17.5. The van der Waals surface area contributed by atoms with E-state index < -0.39 is 5.91 Å². The Bertz CT molecular complexity index is 1250. The lowest BCUT2D eigenvalue weighted by Gasteiger charge is -2.36. The Kier molecular flexibility index (Phi) is 5.51. The van der Waals surface area contributed by atoms with Crippen LogP contribution in [-0.4, -0.2) is 32.0 Å². The van der Waals surface area contributed by atoms with Crippen molar-refractivity contribution in [3.8, 4) is 5.88 Å². The first-order chi connectivity index (χ1) is 15.7. The molecular formula is C24H23N5O3. The number of benzene rings is 1. The SMILES string of the molecule is O=C(N=Nc1c(O)n(CN2CCCC[C@@H]2c2cccnc2)c2ccccc12)c1ccco1. The number of furan rings is 1. The zero-order chi connectivity index (χ0) is 21.9. The van der Waals surface area contributed by atoms with Gasteiger partial charge in [-0.3, -0.25) is 19.2 Å². The minimum absolute atomic E-state index is 0.0160. The Hall–Kier alpha value is -3.78. The third-order valence-corrected chi connectivity index (χ3v) is 5.90. The number of carbonyl (C=O) groups excluding carboxylic acids is 1. The highest BCUT2D eigenvalue weighted by molar-refractivity contribution is 5.96. The largest absolute Gasteiger partial charge is 0.493 e. The number of azo groups is 1. The van der Waals surface area contributed by atoms with Crippen LogP contribution in [0.5, 0.6) is 5.88 Å². The van der Waals surface area contributed by atoms with E-state index in [1.165, 1.54) is 17.9 Å². The maximum absolute atomic E-state index is 12.2. The van der Waals surface area contributed by atoms with Crippen LogP contribution in [0.15, 0.2) is 81.8 Å². The number of piperidine rings is 1. The fourth-order valence-electron chi connectivity index (χ4n) is 4.35. The topological polar surface area (TPSA) is 96.2 Å². The number of amides is 1. The van der Waals surface area contributed by atoms with Crippen molar-refractivity contribution in [3.05, 3.63) is 78.5 Å². The number of para-hydroxylation sites is 1. The van der Waals surface area contributed by atoms with E-state index in [0.717, 1.165) is 36.7 Å². The van der Waals surface area contributed by atoms with E-state index in [9.17, 15) is 9.90 Å². The number of carbonyl (C=O) groups is 1. The van der Waals surface area contributed by atoms with Gasteiger partial charge in [0.2, 0.25) is 5.88 Å². The molecule has 1 atom stereocenters. The van der Waals surface area contributed by atoms with Crippen molar-refractivity contribution >= 4 is 22.5 Å². The van der Waals surface area contributed by atoms with Crippen molar-refractivity contribution in [2.24, 2.45) is 10.2 Å². The Morgan fingerprint density at radius 1 is 1.16 bits per heavy atom. The summed E-state index contributed by atoms with van der Waals surface area (Å²) in [5, 5.41) is 19.7. The maximum Gasteiger partial charge on any atom is 0.331 e. The van der Waals surface area contributed by atoms with Crippen molar-refractivity contribution in [1.82, 2.24) is 14.5 Å². The molecule has 8 nitrogen and oxygen atoms in total. The minimum Gasteiger partial charge on any atom is -0.493 e. The molecule has 1 aromatic carbocycles. The number of rotatable bonds is 5. The standard InChI is InChI=1S/C24H23N5O3/c30-23(21-11-6-14-32-21)27-26-22-18-8-1-2-10-20(18)29(24(22)31)16-28-13-4-3-9-19(28)17-7-5-12-25-15-17/h1-2,5-8,10-12,14-15,19,31H,3-4,9,13,16H2/t19-/m1/s1. The zero-order valence-corrected chi connectivity index (χ0v) is 17.5. The molecule has 162 valence electrons. The highest BCUT2D eigenvalue weighted by atomic mass is 16.3. The van der Waals surface area contributed by atoms with Crippen molar-refractivity contribution < 1.29 is 14.3 Å². The highest BCUT2D eigenvalue weighted by Gasteiger charge is 2.26. The van der Waals surface area contributed by atoms with Crippen LogP contribution in [0.4, 0.5) is 5.69 Å². The molecule has 5 rings (SSSR count). The molecule has 4 heterocycles. The molecule has 1 fully saturated rings. The summed E-state index contributed by atoms with van der Waals surface area (Å²) in [6, 6.07) is 15.0. The van der Waals surface area contributed by atoms with E-state index in [0.29, 0.717) is 6.67 Å². The smallest absolute Gasteiger partial charge is 0.331 e. The number of likely N-dealkylation sites (tertiary alicyclic amines) is 1. The van der Waals surface area contributed by atoms with E-state index in [4.69, 9.17) is 4.42 Å². The molecule has 0 saturated carbocycles. The summed E-state index contributed by atoms with van der Waals surface area (Å²) in [6.45, 7) is 1.41. The van der Waals surface area contributed by atoms with Crippen LogP contribution in [0.1, 0.15) is 41.4 Å². The first-order valence-corrected chi connectivity index (χ1v) is 10.7. The highest BCUT2D eigenvalue weighted by Crippen LogP contribution is 2.40. The number of hydrogen-bond acceptors (Lipinski definition) is 6. The van der Waals surface area contributed by atoms with Gasteiger partial charge in [-0.2, -0.15) is 0 Å². The van der Waals surface area contributed by atoms with Crippen molar-refractivity contribution in [2.45, 2.75) is 32.0 Å². The minimum atomic E-state index is -0.598. The van der Waals surface area contributed by atoms with Crippen LogP contribution in [-0.2, 0) is 6.67 Å². The van der Waals surface area contributed by atoms with Gasteiger partial charge in [0.25, 0.3) is 0 Å². The third-order valence-electron chi connectivity index (χ3n) is 5.90. The molecule has 1 saturated heterocycles. The van der Waals surface area contributed by atoms with Gasteiger partial charge in [0, 0.05) is 30.4 Å². The molecule has 1 aliphatic heterocycles. The van der Waals surface area contributed by atoms with Gasteiger partial charge in [0.15, 0.2) is 11.4 Å². The number of aromatic hydroxyl groups is 1. The Morgan fingerprint density at radius 3 is 2.88 bits per heavy atom. The molecule has 4 aromatic rings. The predicted molar refractivity (Wildman–Crippen MR) is 119 cm³/mol. The molecule has 1 aliphatic rings. The number of fused-ring (bicyclic) bond motifs is 1. The van der Waals surface area contributed by atoms with Crippen molar-refractivity contribution in [2.75, 3.05) is 6.54 Å². The van der Waals surface area contributed by atoms with Gasteiger partial charge in [-0.25, -0.2) is 0 Å². The molecule has 0 unspecified atom stereocenters. The van der Waals surface area contributed by atoms with Crippen molar-refractivity contribution in [1.29, 1.82) is 0 Å². The lowest BCUT2D eigenvalue weighted by molar-refractivity contribution is 0.0968. The average molecular weight is 429 g/mol. The second-order valence-corrected chi connectivity index (χ2v) is 7.85. The first kappa shape index (κ1) is 20.1. The molecule has 0 radical (unpaired) electrons. The summed E-state index contributed by atoms with van der Waals surface area (Å²) in [4.78, 5) is 18.8. The van der Waals surface area contributed by atoms with Crippen LogP contribution in [0.3, 0.4) is 0 Å². The first-order valence-electron chi connectivity index (χ1n) is 10.7.